The van der Waals surface area contributed by atoms with Crippen molar-refractivity contribution in [1.82, 2.24) is 4.98 Å². The first kappa shape index (κ1) is 14.2. The molecule has 0 aliphatic heterocycles. The van der Waals surface area contributed by atoms with Crippen LogP contribution in [0, 0.1) is 5.92 Å². The normalized spacial score (nSPS) is 24.1. The third-order valence-corrected chi connectivity index (χ3v) is 4.43. The predicted octanol–water partition coefficient (Wildman–Crippen LogP) is 0.658. The van der Waals surface area contributed by atoms with E-state index in [-0.39, 0.29) is 4.90 Å². The zero-order chi connectivity index (χ0) is 13.9. The molecule has 1 aliphatic rings. The van der Waals surface area contributed by atoms with Crippen LogP contribution in [0.5, 0.6) is 0 Å². The summed E-state index contributed by atoms with van der Waals surface area (Å²) in [6, 6.07) is 3.44. The Balaban J connectivity index is 1.87. The molecule has 0 radical (unpaired) electrons. The number of nitrogens with one attached hydrogen (secondary N) is 1. The van der Waals surface area contributed by atoms with Crippen molar-refractivity contribution >= 4 is 15.8 Å². The zero-order valence-electron chi connectivity index (χ0n) is 10.7. The smallest absolute Gasteiger partial charge is 0.239 e. The minimum Gasteiger partial charge on any atom is -0.370 e. The first-order chi connectivity index (χ1) is 8.95. The molecule has 0 atom stereocenters. The number of nitrogens with zero attached hydrogens (tertiary/aromatic N) is 1. The van der Waals surface area contributed by atoms with Crippen LogP contribution >= 0.6 is 0 Å². The number of hydrogen-bond donors (Lipinski definition) is 3. The van der Waals surface area contributed by atoms with Gasteiger partial charge in [0.1, 0.15) is 10.7 Å². The van der Waals surface area contributed by atoms with E-state index in [4.69, 9.17) is 10.9 Å². The SMILES string of the molecule is NC1CCC(CNc2ccc(S(N)(=O)=O)cn2)CC1. The van der Waals surface area contributed by atoms with Crippen molar-refractivity contribution in [2.45, 2.75) is 36.6 Å². The maximum absolute atomic E-state index is 11.1. The van der Waals surface area contributed by atoms with Crippen molar-refractivity contribution in [2.24, 2.45) is 16.8 Å². The van der Waals surface area contributed by atoms with Crippen LogP contribution in [0.4, 0.5) is 5.82 Å². The van der Waals surface area contributed by atoms with Gasteiger partial charge in [-0.05, 0) is 43.7 Å². The molecule has 0 spiro atoms. The molecule has 0 unspecified atom stereocenters. The Labute approximate surface area is 113 Å². The fourth-order valence-electron chi connectivity index (χ4n) is 2.29. The van der Waals surface area contributed by atoms with Crippen LogP contribution < -0.4 is 16.2 Å². The molecule has 0 bridgehead atoms. The van der Waals surface area contributed by atoms with Crippen LogP contribution in [0.2, 0.25) is 0 Å². The molecular weight excluding hydrogens is 264 g/mol. The lowest BCUT2D eigenvalue weighted by Gasteiger charge is -2.26. The molecular formula is C12H20N4O2S. The Morgan fingerprint density at radius 2 is 1.95 bits per heavy atom. The highest BCUT2D eigenvalue weighted by Gasteiger charge is 2.18. The van der Waals surface area contributed by atoms with Crippen LogP contribution in [0.1, 0.15) is 25.7 Å². The second kappa shape index (κ2) is 5.85. The number of anilines is 1. The van der Waals surface area contributed by atoms with Crippen LogP contribution in [-0.4, -0.2) is 26.0 Å². The average Bonchev–Trinajstić information content (AvgIpc) is 2.37. The molecule has 19 heavy (non-hydrogen) atoms. The molecule has 1 heterocycles. The molecule has 1 aromatic heterocycles. The molecule has 6 nitrogen and oxygen atoms in total. The first-order valence-electron chi connectivity index (χ1n) is 6.43. The minimum atomic E-state index is -3.67. The van der Waals surface area contributed by atoms with Crippen molar-refractivity contribution in [3.63, 3.8) is 0 Å². The van der Waals surface area contributed by atoms with Gasteiger partial charge in [0.25, 0.3) is 0 Å². The minimum absolute atomic E-state index is 0.0293. The van der Waals surface area contributed by atoms with Gasteiger partial charge in [-0.2, -0.15) is 0 Å². The fourth-order valence-corrected chi connectivity index (χ4v) is 2.75. The van der Waals surface area contributed by atoms with Crippen LogP contribution in [0.15, 0.2) is 23.2 Å². The Bertz CT molecular complexity index is 507. The summed E-state index contributed by atoms with van der Waals surface area (Å²) >= 11 is 0. The molecule has 1 aromatic rings. The van der Waals surface area contributed by atoms with E-state index in [1.54, 1.807) is 6.07 Å². The quantitative estimate of drug-likeness (QED) is 0.752. The average molecular weight is 284 g/mol. The van der Waals surface area contributed by atoms with Gasteiger partial charge in [0.05, 0.1) is 0 Å². The molecule has 2 rings (SSSR count). The molecule has 1 saturated carbocycles. The van der Waals surface area contributed by atoms with Crippen molar-refractivity contribution in [2.75, 3.05) is 11.9 Å². The lowest BCUT2D eigenvalue weighted by molar-refractivity contribution is 0.338. The van der Waals surface area contributed by atoms with Crippen molar-refractivity contribution < 1.29 is 8.42 Å². The Hall–Kier alpha value is -1.18. The molecule has 0 saturated heterocycles. The van der Waals surface area contributed by atoms with Gasteiger partial charge in [0.15, 0.2) is 0 Å². The largest absolute Gasteiger partial charge is 0.370 e. The van der Waals surface area contributed by atoms with E-state index < -0.39 is 10.0 Å². The summed E-state index contributed by atoms with van der Waals surface area (Å²) in [6.07, 6.45) is 5.68. The zero-order valence-corrected chi connectivity index (χ0v) is 11.6. The van der Waals surface area contributed by atoms with E-state index in [9.17, 15) is 8.42 Å². The van der Waals surface area contributed by atoms with E-state index in [1.165, 1.54) is 12.3 Å². The van der Waals surface area contributed by atoms with Gasteiger partial charge in [0.2, 0.25) is 10.0 Å². The first-order valence-corrected chi connectivity index (χ1v) is 7.98. The summed E-state index contributed by atoms with van der Waals surface area (Å²) in [6.45, 7) is 0.842. The van der Waals surface area contributed by atoms with Crippen LogP contribution in [-0.2, 0) is 10.0 Å². The Kier molecular flexibility index (Phi) is 4.38. The highest BCUT2D eigenvalue weighted by Crippen LogP contribution is 2.23. The van der Waals surface area contributed by atoms with Crippen LogP contribution in [0.3, 0.4) is 0 Å². The number of sulfonamides is 1. The number of primary sulfonamides is 1. The van der Waals surface area contributed by atoms with Gasteiger partial charge in [-0.1, -0.05) is 0 Å². The van der Waals surface area contributed by atoms with Gasteiger partial charge in [0, 0.05) is 18.8 Å². The highest BCUT2D eigenvalue weighted by molar-refractivity contribution is 7.89. The lowest BCUT2D eigenvalue weighted by Crippen LogP contribution is -2.29. The Morgan fingerprint density at radius 3 is 2.47 bits per heavy atom. The monoisotopic (exact) mass is 284 g/mol. The molecule has 106 valence electrons. The fraction of sp³-hybridized carbons (Fsp3) is 0.583. The topological polar surface area (TPSA) is 111 Å². The van der Waals surface area contributed by atoms with Gasteiger partial charge >= 0.3 is 0 Å². The van der Waals surface area contributed by atoms with Crippen molar-refractivity contribution in [3.8, 4) is 0 Å². The van der Waals surface area contributed by atoms with E-state index in [0.717, 1.165) is 32.2 Å². The third-order valence-electron chi connectivity index (χ3n) is 3.53. The number of rotatable bonds is 4. The maximum atomic E-state index is 11.1. The highest BCUT2D eigenvalue weighted by atomic mass is 32.2. The van der Waals surface area contributed by atoms with Crippen molar-refractivity contribution in [3.05, 3.63) is 18.3 Å². The standard InChI is InChI=1S/C12H20N4O2S/c13-10-3-1-9(2-4-10)7-15-12-6-5-11(8-16-12)19(14,17)18/h5-6,8-10H,1-4,7,13H2,(H,15,16)(H2,14,17,18). The van der Waals surface area contributed by atoms with E-state index >= 15 is 0 Å². The van der Waals surface area contributed by atoms with E-state index in [2.05, 4.69) is 10.3 Å². The van der Waals surface area contributed by atoms with E-state index in [1.807, 2.05) is 0 Å². The number of nitrogens with two attached hydrogens (primary N) is 2. The predicted molar refractivity (Wildman–Crippen MR) is 74.0 cm³/mol. The number of aromatic nitrogens is 1. The molecule has 7 heteroatoms. The summed E-state index contributed by atoms with van der Waals surface area (Å²) in [7, 11) is -3.67. The summed E-state index contributed by atoms with van der Waals surface area (Å²) in [5.41, 5.74) is 5.86. The second-order valence-electron chi connectivity index (χ2n) is 5.09. The molecule has 0 aromatic carbocycles. The summed E-state index contributed by atoms with van der Waals surface area (Å²) in [5, 5.41) is 8.23. The third kappa shape index (κ3) is 4.15. The summed E-state index contributed by atoms with van der Waals surface area (Å²) in [4.78, 5) is 4.08. The number of hydrogen-bond acceptors (Lipinski definition) is 5. The second-order valence-corrected chi connectivity index (χ2v) is 6.65. The molecule has 1 fully saturated rings. The van der Waals surface area contributed by atoms with Crippen LogP contribution in [0.25, 0.3) is 0 Å². The van der Waals surface area contributed by atoms with E-state index in [0.29, 0.717) is 17.8 Å². The van der Waals surface area contributed by atoms with Crippen molar-refractivity contribution in [1.29, 1.82) is 0 Å². The Morgan fingerprint density at radius 1 is 1.26 bits per heavy atom. The summed E-state index contributed by atoms with van der Waals surface area (Å²) < 4.78 is 22.2. The number of pyridine rings is 1. The molecule has 0 amide bonds. The lowest BCUT2D eigenvalue weighted by atomic mass is 9.86. The van der Waals surface area contributed by atoms with Gasteiger partial charge in [-0.3, -0.25) is 0 Å². The van der Waals surface area contributed by atoms with Gasteiger partial charge in [-0.15, -0.1) is 0 Å². The summed E-state index contributed by atoms with van der Waals surface area (Å²) in [5.74, 6) is 1.28. The van der Waals surface area contributed by atoms with Gasteiger partial charge < -0.3 is 11.1 Å². The molecule has 5 N–H and O–H groups in total. The van der Waals surface area contributed by atoms with Gasteiger partial charge in [-0.25, -0.2) is 18.5 Å². The molecule has 1 aliphatic carbocycles. The maximum Gasteiger partial charge on any atom is 0.239 e.